The summed E-state index contributed by atoms with van der Waals surface area (Å²) in [6.07, 6.45) is 1.47. The highest BCUT2D eigenvalue weighted by molar-refractivity contribution is 8.00. The van der Waals surface area contributed by atoms with E-state index in [0.717, 1.165) is 31.5 Å². The summed E-state index contributed by atoms with van der Waals surface area (Å²) in [5.74, 6) is 3.42. The number of thioether (sulfide) groups is 1. The lowest BCUT2D eigenvalue weighted by atomic mass is 9.84. The first-order valence-electron chi connectivity index (χ1n) is 9.56. The first kappa shape index (κ1) is 23.7. The number of likely N-dealkylation sites (tertiary alicyclic amines) is 1. The number of hydrogen-bond donors (Lipinski definition) is 3. The highest BCUT2D eigenvalue weighted by atomic mass is 32.2. The molecule has 1 atom stereocenters. The molecule has 2 aliphatic heterocycles. The van der Waals surface area contributed by atoms with Gasteiger partial charge in [0.15, 0.2) is 0 Å². The lowest BCUT2D eigenvalue weighted by Crippen LogP contribution is -2.42. The molecule has 2 fully saturated rings. The molecule has 9 heteroatoms. The molecule has 0 spiro atoms. The molecule has 30 heavy (non-hydrogen) atoms. The zero-order valence-electron chi connectivity index (χ0n) is 16.8. The zero-order chi connectivity index (χ0) is 22.1. The quantitative estimate of drug-likeness (QED) is 0.477. The Morgan fingerprint density at radius 2 is 1.67 bits per heavy atom. The van der Waals surface area contributed by atoms with Crippen molar-refractivity contribution in [3.05, 3.63) is 35.9 Å². The van der Waals surface area contributed by atoms with Crippen molar-refractivity contribution in [1.29, 1.82) is 0 Å². The van der Waals surface area contributed by atoms with Crippen LogP contribution in [-0.4, -0.2) is 80.3 Å². The molecule has 2 heterocycles. The second kappa shape index (κ2) is 11.0. The number of nitrogens with zero attached hydrogens (tertiary/aromatic N) is 2. The molecule has 0 bridgehead atoms. The highest BCUT2D eigenvalue weighted by Crippen LogP contribution is 2.32. The Bertz CT molecular complexity index is 800. The van der Waals surface area contributed by atoms with E-state index in [0.29, 0.717) is 18.8 Å². The van der Waals surface area contributed by atoms with Gasteiger partial charge in [-0.1, -0.05) is 42.2 Å². The van der Waals surface area contributed by atoms with Gasteiger partial charge in [0.1, 0.15) is 0 Å². The van der Waals surface area contributed by atoms with Gasteiger partial charge in [-0.05, 0) is 25.3 Å². The fourth-order valence-electron chi connectivity index (χ4n) is 3.21. The van der Waals surface area contributed by atoms with E-state index in [1.807, 2.05) is 42.2 Å². The van der Waals surface area contributed by atoms with Gasteiger partial charge in [-0.15, -0.1) is 11.8 Å². The van der Waals surface area contributed by atoms with Crippen molar-refractivity contribution in [1.82, 2.24) is 9.80 Å². The Balaban J connectivity index is 0.000000469. The van der Waals surface area contributed by atoms with E-state index in [9.17, 15) is 9.90 Å². The topological polar surface area (TPSA) is 118 Å². The van der Waals surface area contributed by atoms with Crippen LogP contribution in [0.4, 0.5) is 0 Å². The maximum absolute atomic E-state index is 11.7. The van der Waals surface area contributed by atoms with E-state index in [1.54, 1.807) is 11.8 Å². The summed E-state index contributed by atoms with van der Waals surface area (Å²) in [5, 5.41) is 25.8. The van der Waals surface area contributed by atoms with Crippen molar-refractivity contribution in [2.75, 3.05) is 31.9 Å². The van der Waals surface area contributed by atoms with Gasteiger partial charge in [-0.2, -0.15) is 0 Å². The van der Waals surface area contributed by atoms with Crippen LogP contribution in [0.3, 0.4) is 0 Å². The largest absolute Gasteiger partial charge is 0.473 e. The Kier molecular flexibility index (Phi) is 8.72. The summed E-state index contributed by atoms with van der Waals surface area (Å²) in [4.78, 5) is 34.0. The van der Waals surface area contributed by atoms with Gasteiger partial charge >= 0.3 is 11.9 Å². The van der Waals surface area contributed by atoms with Gasteiger partial charge < -0.3 is 20.2 Å². The molecule has 0 saturated carbocycles. The molecular formula is C21H26N2O6S. The lowest BCUT2D eigenvalue weighted by Gasteiger charge is -2.37. The number of carboxylic acids is 2. The van der Waals surface area contributed by atoms with Crippen LogP contribution in [0.2, 0.25) is 0 Å². The maximum Gasteiger partial charge on any atom is 0.414 e. The summed E-state index contributed by atoms with van der Waals surface area (Å²) < 4.78 is 0. The number of carbonyl (C=O) groups excluding carboxylic acids is 1. The van der Waals surface area contributed by atoms with Gasteiger partial charge in [-0.3, -0.25) is 9.69 Å². The average molecular weight is 435 g/mol. The molecule has 162 valence electrons. The smallest absolute Gasteiger partial charge is 0.414 e. The van der Waals surface area contributed by atoms with Crippen LogP contribution in [-0.2, 0) is 20.0 Å². The minimum absolute atomic E-state index is 0.188. The van der Waals surface area contributed by atoms with Gasteiger partial charge in [0, 0.05) is 13.1 Å². The fourth-order valence-corrected chi connectivity index (χ4v) is 4.13. The maximum atomic E-state index is 11.7. The number of aliphatic carboxylic acids is 2. The van der Waals surface area contributed by atoms with Crippen LogP contribution >= 0.6 is 11.8 Å². The number of amides is 1. The summed E-state index contributed by atoms with van der Waals surface area (Å²) >= 11 is 1.67. The third kappa shape index (κ3) is 6.76. The molecule has 3 rings (SSSR count). The summed E-state index contributed by atoms with van der Waals surface area (Å²) in [6.45, 7) is 4.96. The molecule has 1 aromatic rings. The monoisotopic (exact) mass is 434 g/mol. The van der Waals surface area contributed by atoms with Gasteiger partial charge in [0.05, 0.1) is 29.8 Å². The van der Waals surface area contributed by atoms with Crippen LogP contribution in [0, 0.1) is 11.8 Å². The van der Waals surface area contributed by atoms with Crippen LogP contribution in [0.5, 0.6) is 0 Å². The van der Waals surface area contributed by atoms with E-state index in [2.05, 4.69) is 16.7 Å². The average Bonchev–Trinajstić information content (AvgIpc) is 3.05. The molecule has 8 nitrogen and oxygen atoms in total. The van der Waals surface area contributed by atoms with Gasteiger partial charge in [-0.25, -0.2) is 9.59 Å². The Morgan fingerprint density at radius 1 is 1.10 bits per heavy atom. The molecule has 1 amide bonds. The number of benzene rings is 1. The van der Waals surface area contributed by atoms with E-state index < -0.39 is 17.5 Å². The molecule has 0 aliphatic carbocycles. The summed E-state index contributed by atoms with van der Waals surface area (Å²) in [5.41, 5.74) is 0.301. The van der Waals surface area contributed by atoms with Crippen LogP contribution in [0.25, 0.3) is 0 Å². The minimum atomic E-state index is -1.82. The normalized spacial score (nSPS) is 20.5. The molecule has 2 aliphatic rings. The Hall–Kier alpha value is -2.54. The number of carbonyl (C=O) groups is 3. The standard InChI is InChI=1S/C19H24N2O2S.C2H2O4/c1-16-21(18(22)15-24-16)12-6-5-11-20-13-9-19(23,10-14-20)17-7-3-2-4-8-17;3-1(4)2(5)6/h2-4,7-8,16,23H,9-15H2,1H3;(H,3,4)(H,5,6). The molecular weight excluding hydrogens is 408 g/mol. The zero-order valence-corrected chi connectivity index (χ0v) is 17.6. The first-order valence-corrected chi connectivity index (χ1v) is 10.6. The van der Waals surface area contributed by atoms with Crippen molar-refractivity contribution in [2.24, 2.45) is 0 Å². The van der Waals surface area contributed by atoms with Crippen molar-refractivity contribution < 1.29 is 29.7 Å². The van der Waals surface area contributed by atoms with E-state index in [1.165, 1.54) is 0 Å². The minimum Gasteiger partial charge on any atom is -0.473 e. The van der Waals surface area contributed by atoms with Gasteiger partial charge in [0.25, 0.3) is 0 Å². The van der Waals surface area contributed by atoms with E-state index in [-0.39, 0.29) is 11.3 Å². The SMILES string of the molecule is CC1SCC(=O)N1CC#CCN1CCC(O)(c2ccccc2)CC1.O=C(O)C(=O)O. The Labute approximate surface area is 179 Å². The Morgan fingerprint density at radius 3 is 2.17 bits per heavy atom. The number of aliphatic hydroxyl groups is 1. The molecule has 0 radical (unpaired) electrons. The first-order chi connectivity index (χ1) is 14.2. The number of piperidine rings is 1. The van der Waals surface area contributed by atoms with Gasteiger partial charge in [0.2, 0.25) is 5.91 Å². The number of rotatable bonds is 3. The predicted molar refractivity (Wildman–Crippen MR) is 113 cm³/mol. The van der Waals surface area contributed by atoms with Crippen molar-refractivity contribution in [3.63, 3.8) is 0 Å². The second-order valence-corrected chi connectivity index (χ2v) is 8.37. The van der Waals surface area contributed by atoms with E-state index in [4.69, 9.17) is 19.8 Å². The molecule has 3 N–H and O–H groups in total. The third-order valence-electron chi connectivity index (χ3n) is 5.06. The number of hydrogen-bond acceptors (Lipinski definition) is 6. The third-order valence-corrected chi connectivity index (χ3v) is 6.21. The van der Waals surface area contributed by atoms with Crippen LogP contribution in [0.15, 0.2) is 30.3 Å². The molecule has 0 aromatic heterocycles. The second-order valence-electron chi connectivity index (χ2n) is 7.07. The van der Waals surface area contributed by atoms with Crippen molar-refractivity contribution in [3.8, 4) is 11.8 Å². The van der Waals surface area contributed by atoms with E-state index >= 15 is 0 Å². The fraction of sp³-hybridized carbons (Fsp3) is 0.476. The highest BCUT2D eigenvalue weighted by Gasteiger charge is 2.33. The predicted octanol–water partition coefficient (Wildman–Crippen LogP) is 1.05. The van der Waals surface area contributed by atoms with Crippen LogP contribution in [0.1, 0.15) is 25.3 Å². The van der Waals surface area contributed by atoms with Crippen LogP contribution < -0.4 is 0 Å². The van der Waals surface area contributed by atoms with Crippen molar-refractivity contribution >= 4 is 29.6 Å². The summed E-state index contributed by atoms with van der Waals surface area (Å²) in [6, 6.07) is 9.93. The summed E-state index contributed by atoms with van der Waals surface area (Å²) in [7, 11) is 0. The van der Waals surface area contributed by atoms with Crippen molar-refractivity contribution in [2.45, 2.75) is 30.7 Å². The number of carboxylic acid groups (broad SMARTS) is 2. The molecule has 2 saturated heterocycles. The molecule has 1 aromatic carbocycles. The lowest BCUT2D eigenvalue weighted by molar-refractivity contribution is -0.159. The molecule has 1 unspecified atom stereocenters.